The number of anilines is 1. The molecule has 1 N–H and O–H groups in total. The number of aryl methyl sites for hydroxylation is 2. The SMILES string of the molecule is Cc1ccc2c(c1)CCCN2C(=O)C(C)NC(=O)c1cccc([N+](=O)[O-])c1. The summed E-state index contributed by atoms with van der Waals surface area (Å²) in [6.07, 6.45) is 1.79. The summed E-state index contributed by atoms with van der Waals surface area (Å²) in [6, 6.07) is 10.7. The lowest BCUT2D eigenvalue weighted by atomic mass is 9.99. The second-order valence-electron chi connectivity index (χ2n) is 6.73. The Morgan fingerprint density at radius 2 is 2.00 bits per heavy atom. The molecule has 1 aliphatic heterocycles. The third-order valence-electron chi connectivity index (χ3n) is 4.66. The molecule has 0 fully saturated rings. The number of rotatable bonds is 4. The average molecular weight is 367 g/mol. The first-order chi connectivity index (χ1) is 12.9. The maximum Gasteiger partial charge on any atom is 0.270 e. The second kappa shape index (κ2) is 7.57. The fourth-order valence-corrected chi connectivity index (χ4v) is 3.29. The van der Waals surface area contributed by atoms with Gasteiger partial charge in [0.1, 0.15) is 6.04 Å². The summed E-state index contributed by atoms with van der Waals surface area (Å²) in [7, 11) is 0. The van der Waals surface area contributed by atoms with Crippen molar-refractivity contribution in [2.45, 2.75) is 32.7 Å². The van der Waals surface area contributed by atoms with Gasteiger partial charge in [-0.15, -0.1) is 0 Å². The minimum Gasteiger partial charge on any atom is -0.341 e. The number of non-ortho nitro benzene ring substituents is 1. The van der Waals surface area contributed by atoms with Gasteiger partial charge in [-0.1, -0.05) is 23.8 Å². The van der Waals surface area contributed by atoms with Crippen LogP contribution in [-0.4, -0.2) is 29.3 Å². The zero-order valence-corrected chi connectivity index (χ0v) is 15.3. The highest BCUT2D eigenvalue weighted by Gasteiger charge is 2.27. The predicted molar refractivity (Wildman–Crippen MR) is 102 cm³/mol. The molecule has 2 amide bonds. The number of carbonyl (C=O) groups is 2. The van der Waals surface area contributed by atoms with Crippen molar-refractivity contribution in [3.8, 4) is 0 Å². The predicted octanol–water partition coefficient (Wildman–Crippen LogP) is 3.00. The van der Waals surface area contributed by atoms with Crippen LogP contribution in [0.15, 0.2) is 42.5 Å². The molecule has 1 unspecified atom stereocenters. The van der Waals surface area contributed by atoms with Crippen LogP contribution in [0.2, 0.25) is 0 Å². The van der Waals surface area contributed by atoms with Gasteiger partial charge in [0.15, 0.2) is 0 Å². The lowest BCUT2D eigenvalue weighted by molar-refractivity contribution is -0.384. The Hall–Kier alpha value is -3.22. The largest absolute Gasteiger partial charge is 0.341 e. The van der Waals surface area contributed by atoms with Crippen molar-refractivity contribution >= 4 is 23.2 Å². The molecule has 0 bridgehead atoms. The van der Waals surface area contributed by atoms with Crippen molar-refractivity contribution in [2.24, 2.45) is 0 Å². The number of nitrogens with zero attached hydrogens (tertiary/aromatic N) is 2. The summed E-state index contributed by atoms with van der Waals surface area (Å²) >= 11 is 0. The number of nitrogens with one attached hydrogen (secondary N) is 1. The minimum absolute atomic E-state index is 0.151. The molecule has 0 radical (unpaired) electrons. The highest BCUT2D eigenvalue weighted by atomic mass is 16.6. The molecule has 1 heterocycles. The lowest BCUT2D eigenvalue weighted by Crippen LogP contribution is -2.48. The molecule has 140 valence electrons. The van der Waals surface area contributed by atoms with Gasteiger partial charge in [0, 0.05) is 29.9 Å². The van der Waals surface area contributed by atoms with Crippen LogP contribution in [0.3, 0.4) is 0 Å². The molecule has 27 heavy (non-hydrogen) atoms. The van der Waals surface area contributed by atoms with Crippen molar-refractivity contribution in [1.29, 1.82) is 0 Å². The van der Waals surface area contributed by atoms with E-state index in [0.29, 0.717) is 6.54 Å². The molecule has 2 aromatic rings. The van der Waals surface area contributed by atoms with Crippen molar-refractivity contribution in [3.63, 3.8) is 0 Å². The summed E-state index contributed by atoms with van der Waals surface area (Å²) in [5.41, 5.74) is 3.15. The number of benzene rings is 2. The normalized spacial score (nSPS) is 14.2. The maximum atomic E-state index is 12.9. The average Bonchev–Trinajstić information content (AvgIpc) is 2.66. The molecule has 0 saturated carbocycles. The first-order valence-corrected chi connectivity index (χ1v) is 8.83. The van der Waals surface area contributed by atoms with E-state index in [-0.39, 0.29) is 17.2 Å². The van der Waals surface area contributed by atoms with Crippen LogP contribution in [-0.2, 0) is 11.2 Å². The monoisotopic (exact) mass is 367 g/mol. The number of hydrogen-bond acceptors (Lipinski definition) is 4. The Kier molecular flexibility index (Phi) is 5.21. The Balaban J connectivity index is 1.74. The number of carbonyl (C=O) groups excluding carboxylic acids is 2. The van der Waals surface area contributed by atoms with Gasteiger partial charge in [-0.3, -0.25) is 19.7 Å². The van der Waals surface area contributed by atoms with Gasteiger partial charge < -0.3 is 10.2 Å². The molecule has 1 atom stereocenters. The third kappa shape index (κ3) is 3.97. The Labute approximate surface area is 157 Å². The fourth-order valence-electron chi connectivity index (χ4n) is 3.29. The summed E-state index contributed by atoms with van der Waals surface area (Å²) in [5, 5.41) is 13.5. The minimum atomic E-state index is -0.746. The molecular weight excluding hydrogens is 346 g/mol. The van der Waals surface area contributed by atoms with E-state index in [9.17, 15) is 19.7 Å². The molecule has 7 nitrogen and oxygen atoms in total. The van der Waals surface area contributed by atoms with Crippen LogP contribution >= 0.6 is 0 Å². The van der Waals surface area contributed by atoms with Crippen molar-refractivity contribution in [1.82, 2.24) is 5.32 Å². The van der Waals surface area contributed by atoms with E-state index < -0.39 is 16.9 Å². The summed E-state index contributed by atoms with van der Waals surface area (Å²) < 4.78 is 0. The number of amides is 2. The van der Waals surface area contributed by atoms with E-state index in [2.05, 4.69) is 11.4 Å². The van der Waals surface area contributed by atoms with E-state index in [1.54, 1.807) is 11.8 Å². The molecule has 7 heteroatoms. The topological polar surface area (TPSA) is 92.6 Å². The molecule has 0 saturated heterocycles. The van der Waals surface area contributed by atoms with E-state index in [1.807, 2.05) is 19.1 Å². The number of hydrogen-bond donors (Lipinski definition) is 1. The fraction of sp³-hybridized carbons (Fsp3) is 0.300. The molecule has 2 aromatic carbocycles. The van der Waals surface area contributed by atoms with Crippen LogP contribution < -0.4 is 10.2 Å². The molecule has 0 spiro atoms. The smallest absolute Gasteiger partial charge is 0.270 e. The van der Waals surface area contributed by atoms with Crippen LogP contribution in [0.4, 0.5) is 11.4 Å². The van der Waals surface area contributed by atoms with Crippen LogP contribution in [0.1, 0.15) is 34.8 Å². The van der Waals surface area contributed by atoms with Crippen LogP contribution in [0.25, 0.3) is 0 Å². The van der Waals surface area contributed by atoms with Gasteiger partial charge >= 0.3 is 0 Å². The zero-order chi connectivity index (χ0) is 19.6. The first-order valence-electron chi connectivity index (χ1n) is 8.83. The summed E-state index contributed by atoms with van der Waals surface area (Å²) in [4.78, 5) is 37.3. The van der Waals surface area contributed by atoms with Gasteiger partial charge in [0.05, 0.1) is 4.92 Å². The Morgan fingerprint density at radius 3 is 2.74 bits per heavy atom. The van der Waals surface area contributed by atoms with E-state index in [4.69, 9.17) is 0 Å². The van der Waals surface area contributed by atoms with Gasteiger partial charge in [-0.25, -0.2) is 0 Å². The maximum absolute atomic E-state index is 12.9. The van der Waals surface area contributed by atoms with Crippen LogP contribution in [0.5, 0.6) is 0 Å². The highest BCUT2D eigenvalue weighted by molar-refractivity contribution is 6.02. The summed E-state index contributed by atoms with van der Waals surface area (Å²) in [5.74, 6) is -0.709. The number of nitro groups is 1. The first kappa shape index (κ1) is 18.6. The van der Waals surface area contributed by atoms with E-state index in [1.165, 1.54) is 24.3 Å². The molecule has 0 aromatic heterocycles. The number of nitro benzene ring substituents is 1. The van der Waals surface area contributed by atoms with Crippen molar-refractivity contribution in [2.75, 3.05) is 11.4 Å². The zero-order valence-electron chi connectivity index (χ0n) is 15.3. The van der Waals surface area contributed by atoms with Gasteiger partial charge in [-0.05, 0) is 44.4 Å². The Bertz CT molecular complexity index is 910. The van der Waals surface area contributed by atoms with Gasteiger partial charge in [-0.2, -0.15) is 0 Å². The van der Waals surface area contributed by atoms with Crippen molar-refractivity contribution in [3.05, 3.63) is 69.3 Å². The quantitative estimate of drug-likeness (QED) is 0.664. The molecule has 3 rings (SSSR count). The molecule has 1 aliphatic rings. The molecule has 0 aliphatic carbocycles. The lowest BCUT2D eigenvalue weighted by Gasteiger charge is -2.32. The Morgan fingerprint density at radius 1 is 1.22 bits per heavy atom. The van der Waals surface area contributed by atoms with E-state index in [0.717, 1.165) is 29.7 Å². The third-order valence-corrected chi connectivity index (χ3v) is 4.66. The molecular formula is C20H21N3O4. The number of fused-ring (bicyclic) bond motifs is 1. The van der Waals surface area contributed by atoms with Crippen LogP contribution in [0, 0.1) is 17.0 Å². The van der Waals surface area contributed by atoms with Gasteiger partial charge in [0.25, 0.3) is 11.6 Å². The highest BCUT2D eigenvalue weighted by Crippen LogP contribution is 2.28. The summed E-state index contributed by atoms with van der Waals surface area (Å²) in [6.45, 7) is 4.24. The van der Waals surface area contributed by atoms with E-state index >= 15 is 0 Å². The second-order valence-corrected chi connectivity index (χ2v) is 6.73. The van der Waals surface area contributed by atoms with Crippen molar-refractivity contribution < 1.29 is 14.5 Å². The van der Waals surface area contributed by atoms with Gasteiger partial charge in [0.2, 0.25) is 5.91 Å². The standard InChI is InChI=1S/C20H21N3O4/c1-13-8-9-18-15(11-13)6-4-10-22(18)20(25)14(2)21-19(24)16-5-3-7-17(12-16)23(26)27/h3,5,7-9,11-12,14H,4,6,10H2,1-2H3,(H,21,24).